The van der Waals surface area contributed by atoms with Gasteiger partial charge >= 0.3 is 5.97 Å². The Balaban J connectivity index is 1.58. The van der Waals surface area contributed by atoms with Crippen LogP contribution in [0.25, 0.3) is 0 Å². The van der Waals surface area contributed by atoms with Gasteiger partial charge < -0.3 is 15.2 Å². The molecule has 6 heteroatoms. The SMILES string of the molecule is O=C(O)CC1(NC(=O)c2ccc(OCc3ccncc3)cc2)CCC1. The van der Waals surface area contributed by atoms with Crippen molar-refractivity contribution in [3.8, 4) is 5.75 Å². The zero-order valence-electron chi connectivity index (χ0n) is 13.8. The molecule has 6 nitrogen and oxygen atoms in total. The van der Waals surface area contributed by atoms with E-state index >= 15 is 0 Å². The third kappa shape index (κ3) is 4.35. The molecular weight excluding hydrogens is 320 g/mol. The van der Waals surface area contributed by atoms with E-state index < -0.39 is 11.5 Å². The number of nitrogens with one attached hydrogen (secondary N) is 1. The summed E-state index contributed by atoms with van der Waals surface area (Å²) in [6.45, 7) is 0.426. The molecule has 1 aromatic carbocycles. The van der Waals surface area contributed by atoms with Crippen LogP contribution in [0, 0.1) is 0 Å². The Labute approximate surface area is 145 Å². The Kier molecular flexibility index (Phi) is 4.97. The third-order valence-corrected chi connectivity index (χ3v) is 4.45. The van der Waals surface area contributed by atoms with Gasteiger partial charge in [0.05, 0.1) is 12.0 Å². The van der Waals surface area contributed by atoms with Crippen molar-refractivity contribution in [2.45, 2.75) is 37.8 Å². The number of ether oxygens (including phenoxy) is 1. The highest BCUT2D eigenvalue weighted by Gasteiger charge is 2.40. The van der Waals surface area contributed by atoms with Crippen LogP contribution < -0.4 is 10.1 Å². The lowest BCUT2D eigenvalue weighted by Gasteiger charge is -2.41. The summed E-state index contributed by atoms with van der Waals surface area (Å²) in [5.74, 6) is -0.473. The maximum Gasteiger partial charge on any atom is 0.305 e. The molecule has 1 amide bonds. The van der Waals surface area contributed by atoms with Crippen molar-refractivity contribution in [3.05, 3.63) is 59.9 Å². The van der Waals surface area contributed by atoms with Crippen LogP contribution in [0.4, 0.5) is 0 Å². The minimum atomic E-state index is -0.889. The molecule has 1 heterocycles. The van der Waals surface area contributed by atoms with E-state index in [4.69, 9.17) is 9.84 Å². The van der Waals surface area contributed by atoms with Crippen molar-refractivity contribution in [1.29, 1.82) is 0 Å². The number of benzene rings is 1. The highest BCUT2D eigenvalue weighted by molar-refractivity contribution is 5.95. The van der Waals surface area contributed by atoms with Crippen molar-refractivity contribution in [1.82, 2.24) is 10.3 Å². The topological polar surface area (TPSA) is 88.5 Å². The molecule has 0 aliphatic heterocycles. The number of amides is 1. The Morgan fingerprint density at radius 3 is 2.36 bits per heavy atom. The molecule has 1 aromatic heterocycles. The average molecular weight is 340 g/mol. The zero-order chi connectivity index (χ0) is 17.7. The van der Waals surface area contributed by atoms with E-state index in [-0.39, 0.29) is 12.3 Å². The van der Waals surface area contributed by atoms with Crippen molar-refractivity contribution < 1.29 is 19.4 Å². The van der Waals surface area contributed by atoms with Crippen LogP contribution in [0.1, 0.15) is 41.6 Å². The van der Waals surface area contributed by atoms with Crippen LogP contribution in [0.2, 0.25) is 0 Å². The molecule has 25 heavy (non-hydrogen) atoms. The highest BCUT2D eigenvalue weighted by Crippen LogP contribution is 2.35. The number of carbonyl (C=O) groups excluding carboxylic acids is 1. The molecule has 0 saturated heterocycles. The first-order valence-corrected chi connectivity index (χ1v) is 8.22. The number of carboxylic acids is 1. The molecule has 0 bridgehead atoms. The number of aliphatic carboxylic acids is 1. The fourth-order valence-electron chi connectivity index (χ4n) is 2.90. The molecule has 0 radical (unpaired) electrons. The molecule has 3 rings (SSSR count). The number of carboxylic acid groups (broad SMARTS) is 1. The fraction of sp³-hybridized carbons (Fsp3) is 0.316. The standard InChI is InChI=1S/C19H20N2O4/c22-17(23)12-19(8-1-9-19)21-18(24)15-2-4-16(5-3-15)25-13-14-6-10-20-11-7-14/h2-7,10-11H,1,8-9,12-13H2,(H,21,24)(H,22,23). The third-order valence-electron chi connectivity index (χ3n) is 4.45. The maximum atomic E-state index is 12.4. The second-order valence-electron chi connectivity index (χ2n) is 6.33. The number of aromatic nitrogens is 1. The lowest BCUT2D eigenvalue weighted by atomic mass is 9.74. The van der Waals surface area contributed by atoms with Gasteiger partial charge in [-0.1, -0.05) is 0 Å². The van der Waals surface area contributed by atoms with E-state index in [0.717, 1.165) is 12.0 Å². The monoisotopic (exact) mass is 340 g/mol. The summed E-state index contributed by atoms with van der Waals surface area (Å²) in [5.41, 5.74) is 0.907. The first kappa shape index (κ1) is 17.0. The first-order chi connectivity index (χ1) is 12.1. The van der Waals surface area contributed by atoms with Gasteiger partial charge in [-0.25, -0.2) is 0 Å². The van der Waals surface area contributed by atoms with E-state index in [2.05, 4.69) is 10.3 Å². The number of nitrogens with zero attached hydrogens (tertiary/aromatic N) is 1. The van der Waals surface area contributed by atoms with Crippen molar-refractivity contribution in [3.63, 3.8) is 0 Å². The molecular formula is C19H20N2O4. The first-order valence-electron chi connectivity index (χ1n) is 8.22. The highest BCUT2D eigenvalue weighted by atomic mass is 16.5. The number of carbonyl (C=O) groups is 2. The Hall–Kier alpha value is -2.89. The quantitative estimate of drug-likeness (QED) is 0.809. The van der Waals surface area contributed by atoms with Crippen LogP contribution >= 0.6 is 0 Å². The van der Waals surface area contributed by atoms with Gasteiger partial charge in [0.2, 0.25) is 0 Å². The maximum absolute atomic E-state index is 12.4. The lowest BCUT2D eigenvalue weighted by Crippen LogP contribution is -2.54. The number of pyridine rings is 1. The van der Waals surface area contributed by atoms with Gasteiger partial charge in [-0.15, -0.1) is 0 Å². The predicted molar refractivity (Wildman–Crippen MR) is 91.3 cm³/mol. The smallest absolute Gasteiger partial charge is 0.305 e. The van der Waals surface area contributed by atoms with Gasteiger partial charge in [0.1, 0.15) is 12.4 Å². The van der Waals surface area contributed by atoms with Crippen LogP contribution in [0.3, 0.4) is 0 Å². The molecule has 1 aliphatic rings. The molecule has 0 unspecified atom stereocenters. The summed E-state index contributed by atoms with van der Waals surface area (Å²) >= 11 is 0. The molecule has 1 fully saturated rings. The van der Waals surface area contributed by atoms with E-state index in [1.165, 1.54) is 0 Å². The van der Waals surface area contributed by atoms with E-state index in [0.29, 0.717) is 30.8 Å². The summed E-state index contributed by atoms with van der Waals surface area (Å²) in [7, 11) is 0. The number of rotatable bonds is 7. The molecule has 0 spiro atoms. The minimum Gasteiger partial charge on any atom is -0.489 e. The predicted octanol–water partition coefficient (Wildman–Crippen LogP) is 2.79. The van der Waals surface area contributed by atoms with E-state index in [1.54, 1.807) is 36.7 Å². The zero-order valence-corrected chi connectivity index (χ0v) is 13.8. The van der Waals surface area contributed by atoms with Gasteiger partial charge in [-0.05, 0) is 61.2 Å². The molecule has 130 valence electrons. The minimum absolute atomic E-state index is 0.0358. The number of hydrogen-bond donors (Lipinski definition) is 2. The van der Waals surface area contributed by atoms with Crippen molar-refractivity contribution in [2.24, 2.45) is 0 Å². The Morgan fingerprint density at radius 2 is 1.80 bits per heavy atom. The summed E-state index contributed by atoms with van der Waals surface area (Å²) < 4.78 is 5.68. The summed E-state index contributed by atoms with van der Waals surface area (Å²) in [4.78, 5) is 27.3. The summed E-state index contributed by atoms with van der Waals surface area (Å²) in [6, 6.07) is 10.6. The van der Waals surface area contributed by atoms with Crippen molar-refractivity contribution in [2.75, 3.05) is 0 Å². The van der Waals surface area contributed by atoms with E-state index in [9.17, 15) is 9.59 Å². The molecule has 0 atom stereocenters. The van der Waals surface area contributed by atoms with E-state index in [1.807, 2.05) is 12.1 Å². The Bertz CT molecular complexity index is 740. The second-order valence-corrected chi connectivity index (χ2v) is 6.33. The number of hydrogen-bond acceptors (Lipinski definition) is 4. The largest absolute Gasteiger partial charge is 0.489 e. The van der Waals surface area contributed by atoms with Crippen LogP contribution in [-0.2, 0) is 11.4 Å². The van der Waals surface area contributed by atoms with Crippen molar-refractivity contribution >= 4 is 11.9 Å². The van der Waals surface area contributed by atoms with Crippen LogP contribution in [0.5, 0.6) is 5.75 Å². The average Bonchev–Trinajstić information content (AvgIpc) is 2.59. The molecule has 2 aromatic rings. The van der Waals surface area contributed by atoms with Gasteiger partial charge in [0, 0.05) is 18.0 Å². The van der Waals surface area contributed by atoms with Gasteiger partial charge in [0.25, 0.3) is 5.91 Å². The second kappa shape index (κ2) is 7.34. The van der Waals surface area contributed by atoms with Gasteiger partial charge in [-0.2, -0.15) is 0 Å². The summed E-state index contributed by atoms with van der Waals surface area (Å²) in [6.07, 6.45) is 5.73. The van der Waals surface area contributed by atoms with Gasteiger partial charge in [-0.3, -0.25) is 14.6 Å². The summed E-state index contributed by atoms with van der Waals surface area (Å²) in [5, 5.41) is 11.9. The van der Waals surface area contributed by atoms with Crippen LogP contribution in [0.15, 0.2) is 48.8 Å². The Morgan fingerprint density at radius 1 is 1.12 bits per heavy atom. The normalized spacial score (nSPS) is 15.0. The fourth-order valence-corrected chi connectivity index (χ4v) is 2.90. The molecule has 1 saturated carbocycles. The van der Waals surface area contributed by atoms with Gasteiger partial charge in [0.15, 0.2) is 0 Å². The molecule has 2 N–H and O–H groups in total. The lowest BCUT2D eigenvalue weighted by molar-refractivity contribution is -0.139. The van der Waals surface area contributed by atoms with Crippen LogP contribution in [-0.4, -0.2) is 27.5 Å². The molecule has 1 aliphatic carbocycles.